The highest BCUT2D eigenvalue weighted by atomic mass is 33.1. The zero-order valence-electron chi connectivity index (χ0n) is 19.9. The van der Waals surface area contributed by atoms with Gasteiger partial charge in [0.2, 0.25) is 0 Å². The molecule has 2 N–H and O–H groups in total. The topological polar surface area (TPSA) is 76.7 Å². The van der Waals surface area contributed by atoms with Crippen LogP contribution in [-0.4, -0.2) is 49.8 Å². The lowest BCUT2D eigenvalue weighted by molar-refractivity contribution is -0.133. The average Bonchev–Trinajstić information content (AvgIpc) is 2.73. The third kappa shape index (κ3) is 15.8. The monoisotopic (exact) mass is 470 g/mol. The maximum Gasteiger partial charge on any atom is 0.408 e. The lowest BCUT2D eigenvalue weighted by atomic mass is 10.0. The summed E-state index contributed by atoms with van der Waals surface area (Å²) < 4.78 is 10.2. The van der Waals surface area contributed by atoms with E-state index in [1.165, 1.54) is 12.0 Å². The molecule has 6 nitrogen and oxygen atoms in total. The number of nitrogens with one attached hydrogen (secondary N) is 2. The van der Waals surface area contributed by atoms with Gasteiger partial charge in [-0.15, -0.1) is 0 Å². The van der Waals surface area contributed by atoms with Crippen molar-refractivity contribution in [1.29, 1.82) is 0 Å². The second-order valence-electron chi connectivity index (χ2n) is 7.58. The molecule has 8 heteroatoms. The number of ether oxygens (including phenoxy) is 2. The molecule has 2 rings (SSSR count). The van der Waals surface area contributed by atoms with E-state index in [4.69, 9.17) is 9.47 Å². The molecular formula is C23H38N2O4S2. The maximum atomic E-state index is 11.8. The molecule has 1 aliphatic rings. The van der Waals surface area contributed by atoms with E-state index in [0.29, 0.717) is 5.75 Å². The first-order valence-electron chi connectivity index (χ1n) is 10.4. The molecule has 0 atom stereocenters. The fourth-order valence-electron chi connectivity index (χ4n) is 2.25. The first-order valence-corrected chi connectivity index (χ1v) is 13.4. The average molecular weight is 471 g/mol. The first kappa shape index (κ1) is 29.4. The molecule has 1 heterocycles. The Hall–Kier alpha value is -1.64. The SMILES string of the molecule is CC(C)(C)OC(=O)NCC(=O)Oc1ccc(C2=CCNCC2)cc1.CCC.CSSC. The minimum absolute atomic E-state index is 0.243. The van der Waals surface area contributed by atoms with Crippen LogP contribution in [0.1, 0.15) is 53.0 Å². The van der Waals surface area contributed by atoms with E-state index in [2.05, 4.69) is 43.1 Å². The van der Waals surface area contributed by atoms with Crippen LogP contribution in [0, 0.1) is 0 Å². The van der Waals surface area contributed by atoms with Gasteiger partial charge in [0.05, 0.1) is 0 Å². The molecule has 0 aliphatic carbocycles. The molecule has 0 unspecified atom stereocenters. The van der Waals surface area contributed by atoms with Crippen LogP contribution in [0.2, 0.25) is 0 Å². The fourth-order valence-corrected chi connectivity index (χ4v) is 2.25. The molecule has 1 amide bonds. The van der Waals surface area contributed by atoms with Gasteiger partial charge >= 0.3 is 12.1 Å². The van der Waals surface area contributed by atoms with Crippen LogP contribution in [0.15, 0.2) is 30.3 Å². The largest absolute Gasteiger partial charge is 0.444 e. The summed E-state index contributed by atoms with van der Waals surface area (Å²) in [5.74, 6) is -0.0982. The Labute approximate surface area is 195 Å². The van der Waals surface area contributed by atoms with Crippen molar-refractivity contribution in [1.82, 2.24) is 10.6 Å². The van der Waals surface area contributed by atoms with Crippen LogP contribution in [0.3, 0.4) is 0 Å². The molecule has 0 saturated carbocycles. The third-order valence-electron chi connectivity index (χ3n) is 3.46. The number of carbonyl (C=O) groups excluding carboxylic acids is 2. The summed E-state index contributed by atoms with van der Waals surface area (Å²) in [4.78, 5) is 23.2. The van der Waals surface area contributed by atoms with E-state index in [1.54, 1.807) is 54.5 Å². The number of hydrogen-bond donors (Lipinski definition) is 2. The molecule has 0 spiro atoms. The number of amides is 1. The zero-order valence-corrected chi connectivity index (χ0v) is 21.5. The van der Waals surface area contributed by atoms with Crippen LogP contribution in [0.5, 0.6) is 5.75 Å². The molecule has 0 aromatic heterocycles. The van der Waals surface area contributed by atoms with Gasteiger partial charge in [0.15, 0.2) is 0 Å². The third-order valence-corrected chi connectivity index (χ3v) is 4.80. The van der Waals surface area contributed by atoms with Crippen molar-refractivity contribution in [2.24, 2.45) is 0 Å². The lowest BCUT2D eigenvalue weighted by Crippen LogP contribution is -2.36. The van der Waals surface area contributed by atoms with Gasteiger partial charge in [0, 0.05) is 6.54 Å². The summed E-state index contributed by atoms with van der Waals surface area (Å²) in [7, 11) is 3.55. The smallest absolute Gasteiger partial charge is 0.408 e. The minimum atomic E-state index is -0.646. The van der Waals surface area contributed by atoms with E-state index in [-0.39, 0.29) is 6.54 Å². The maximum absolute atomic E-state index is 11.8. The quantitative estimate of drug-likeness (QED) is 0.332. The van der Waals surface area contributed by atoms with E-state index in [1.807, 2.05) is 12.1 Å². The van der Waals surface area contributed by atoms with Crippen molar-refractivity contribution in [3.8, 4) is 5.75 Å². The summed E-state index contributed by atoms with van der Waals surface area (Å²) >= 11 is 0. The van der Waals surface area contributed by atoms with E-state index >= 15 is 0 Å². The number of hydrogen-bond acceptors (Lipinski definition) is 7. The van der Waals surface area contributed by atoms with Gasteiger partial charge in [-0.05, 0) is 69.5 Å². The predicted octanol–water partition coefficient (Wildman–Crippen LogP) is 5.54. The Kier molecular flexibility index (Phi) is 16.1. The number of rotatable bonds is 5. The van der Waals surface area contributed by atoms with Gasteiger partial charge in [-0.3, -0.25) is 0 Å². The second kappa shape index (κ2) is 17.0. The molecule has 0 bridgehead atoms. The summed E-state index contributed by atoms with van der Waals surface area (Å²) in [6.07, 6.45) is 7.87. The summed E-state index contributed by atoms with van der Waals surface area (Å²) in [6, 6.07) is 7.37. The van der Waals surface area contributed by atoms with Crippen molar-refractivity contribution in [2.45, 2.75) is 53.1 Å². The Balaban J connectivity index is 0.00000113. The molecule has 0 fully saturated rings. The summed E-state index contributed by atoms with van der Waals surface area (Å²) in [5.41, 5.74) is 1.81. The minimum Gasteiger partial charge on any atom is -0.444 e. The van der Waals surface area contributed by atoms with Crippen LogP contribution in [-0.2, 0) is 9.53 Å². The Bertz CT molecular complexity index is 669. The van der Waals surface area contributed by atoms with Crippen LogP contribution < -0.4 is 15.4 Å². The Morgan fingerprint density at radius 1 is 1.10 bits per heavy atom. The molecule has 1 aromatic carbocycles. The van der Waals surface area contributed by atoms with E-state index < -0.39 is 17.7 Å². The van der Waals surface area contributed by atoms with E-state index in [9.17, 15) is 9.59 Å². The molecule has 1 aliphatic heterocycles. The number of esters is 1. The van der Waals surface area contributed by atoms with Crippen molar-refractivity contribution < 1.29 is 19.1 Å². The fraction of sp³-hybridized carbons (Fsp3) is 0.565. The van der Waals surface area contributed by atoms with Crippen molar-refractivity contribution in [2.75, 3.05) is 32.1 Å². The highest BCUT2D eigenvalue weighted by Crippen LogP contribution is 2.22. The zero-order chi connectivity index (χ0) is 23.7. The molecule has 176 valence electrons. The van der Waals surface area contributed by atoms with Gasteiger partial charge < -0.3 is 20.1 Å². The molecule has 0 radical (unpaired) electrons. The highest BCUT2D eigenvalue weighted by molar-refractivity contribution is 8.76. The lowest BCUT2D eigenvalue weighted by Gasteiger charge is -2.19. The van der Waals surface area contributed by atoms with Gasteiger partial charge in [0.1, 0.15) is 17.9 Å². The molecule has 0 saturated heterocycles. The van der Waals surface area contributed by atoms with Gasteiger partial charge in [0.25, 0.3) is 0 Å². The second-order valence-corrected chi connectivity index (χ2v) is 10.2. The number of carbonyl (C=O) groups is 2. The van der Waals surface area contributed by atoms with Crippen LogP contribution in [0.4, 0.5) is 4.79 Å². The summed E-state index contributed by atoms with van der Waals surface area (Å²) in [5, 5.41) is 5.64. The normalized spacial score (nSPS) is 12.8. The predicted molar refractivity (Wildman–Crippen MR) is 135 cm³/mol. The highest BCUT2D eigenvalue weighted by Gasteiger charge is 2.17. The van der Waals surface area contributed by atoms with Crippen LogP contribution in [0.25, 0.3) is 5.57 Å². The summed E-state index contributed by atoms with van der Waals surface area (Å²) in [6.45, 7) is 11.1. The van der Waals surface area contributed by atoms with Gasteiger partial charge in [-0.2, -0.15) is 0 Å². The Morgan fingerprint density at radius 3 is 2.13 bits per heavy atom. The van der Waals surface area contributed by atoms with Gasteiger partial charge in [-0.25, -0.2) is 9.59 Å². The van der Waals surface area contributed by atoms with Crippen molar-refractivity contribution in [3.63, 3.8) is 0 Å². The standard InChI is InChI=1S/C18H24N2O4.C3H8.C2H6S2/c1-18(2,3)24-17(22)20-12-16(21)23-15-6-4-13(5-7-15)14-8-10-19-11-9-14;1-3-2;1-3-4-2/h4-8,19H,9-12H2,1-3H3,(H,20,22);3H2,1-2H3;1-2H3. The molecular weight excluding hydrogens is 432 g/mol. The first-order chi connectivity index (χ1) is 14.7. The van der Waals surface area contributed by atoms with Crippen molar-refractivity contribution >= 4 is 39.2 Å². The Morgan fingerprint density at radius 2 is 1.68 bits per heavy atom. The van der Waals surface area contributed by atoms with Gasteiger partial charge in [-0.1, -0.05) is 60.1 Å². The number of alkyl carbamates (subject to hydrolysis) is 1. The number of benzene rings is 1. The van der Waals surface area contributed by atoms with Crippen LogP contribution >= 0.6 is 21.6 Å². The molecule has 1 aromatic rings. The molecule has 31 heavy (non-hydrogen) atoms. The van der Waals surface area contributed by atoms with E-state index in [0.717, 1.165) is 25.1 Å². The van der Waals surface area contributed by atoms with Crippen molar-refractivity contribution in [3.05, 3.63) is 35.9 Å².